The van der Waals surface area contributed by atoms with Gasteiger partial charge in [-0.2, -0.15) is 11.8 Å². The molecular formula is C20H19FN2O2S2. The number of anilines is 1. The van der Waals surface area contributed by atoms with Gasteiger partial charge in [-0.25, -0.2) is 9.37 Å². The minimum absolute atomic E-state index is 0.0972. The summed E-state index contributed by atoms with van der Waals surface area (Å²) in [6.07, 6.45) is 0.290. The molecule has 0 radical (unpaired) electrons. The maximum Gasteiger partial charge on any atom is 0.230 e. The Morgan fingerprint density at radius 2 is 1.81 bits per heavy atom. The zero-order chi connectivity index (χ0) is 19.1. The number of carbonyl (C=O) groups excluding carboxylic acids is 1. The molecule has 1 heterocycles. The van der Waals surface area contributed by atoms with E-state index < -0.39 is 0 Å². The average molecular weight is 403 g/mol. The first kappa shape index (κ1) is 19.4. The van der Waals surface area contributed by atoms with Crippen LogP contribution < -0.4 is 10.1 Å². The molecule has 0 unspecified atom stereocenters. The van der Waals surface area contributed by atoms with E-state index in [1.807, 2.05) is 29.6 Å². The lowest BCUT2D eigenvalue weighted by Gasteiger charge is -2.04. The highest BCUT2D eigenvalue weighted by molar-refractivity contribution is 7.97. The number of thioether (sulfide) groups is 1. The Hall–Kier alpha value is -2.38. The lowest BCUT2D eigenvalue weighted by Crippen LogP contribution is -2.14. The highest BCUT2D eigenvalue weighted by atomic mass is 32.2. The second kappa shape index (κ2) is 9.53. The number of halogens is 1. The van der Waals surface area contributed by atoms with Crippen LogP contribution in [0.5, 0.6) is 5.75 Å². The van der Waals surface area contributed by atoms with Crippen molar-refractivity contribution in [3.8, 4) is 5.75 Å². The van der Waals surface area contributed by atoms with E-state index in [4.69, 9.17) is 4.74 Å². The molecule has 0 spiro atoms. The number of benzene rings is 2. The summed E-state index contributed by atoms with van der Waals surface area (Å²) in [4.78, 5) is 16.6. The molecule has 140 valence electrons. The van der Waals surface area contributed by atoms with Crippen molar-refractivity contribution >= 4 is 34.1 Å². The van der Waals surface area contributed by atoms with Gasteiger partial charge in [-0.3, -0.25) is 4.79 Å². The summed E-state index contributed by atoms with van der Waals surface area (Å²) in [5.74, 6) is 1.97. The number of methoxy groups -OCH3 is 1. The molecule has 0 aliphatic rings. The number of thiazole rings is 1. The van der Waals surface area contributed by atoms with Gasteiger partial charge in [0.25, 0.3) is 0 Å². The third kappa shape index (κ3) is 6.08. The van der Waals surface area contributed by atoms with Crippen LogP contribution in [0, 0.1) is 5.82 Å². The Bertz CT molecular complexity index is 880. The average Bonchev–Trinajstić information content (AvgIpc) is 3.11. The van der Waals surface area contributed by atoms with E-state index in [-0.39, 0.29) is 18.1 Å². The third-order valence-electron chi connectivity index (χ3n) is 3.75. The van der Waals surface area contributed by atoms with E-state index in [2.05, 4.69) is 10.3 Å². The van der Waals surface area contributed by atoms with Crippen molar-refractivity contribution in [3.63, 3.8) is 0 Å². The van der Waals surface area contributed by atoms with E-state index in [9.17, 15) is 9.18 Å². The number of aromatic nitrogens is 1. The number of rotatable bonds is 8. The molecule has 0 saturated carbocycles. The van der Waals surface area contributed by atoms with E-state index in [1.54, 1.807) is 31.0 Å². The Morgan fingerprint density at radius 3 is 2.52 bits per heavy atom. The van der Waals surface area contributed by atoms with Crippen molar-refractivity contribution < 1.29 is 13.9 Å². The minimum Gasteiger partial charge on any atom is -0.497 e. The van der Waals surface area contributed by atoms with Crippen molar-refractivity contribution in [1.82, 2.24) is 4.98 Å². The van der Waals surface area contributed by atoms with Crippen LogP contribution in [0.25, 0.3) is 0 Å². The summed E-state index contributed by atoms with van der Waals surface area (Å²) in [6, 6.07) is 13.9. The van der Waals surface area contributed by atoms with Crippen LogP contribution in [0.1, 0.15) is 16.8 Å². The third-order valence-corrected chi connectivity index (χ3v) is 5.60. The van der Waals surface area contributed by atoms with E-state index in [0.717, 1.165) is 34.1 Å². The molecule has 0 fully saturated rings. The number of amides is 1. The monoisotopic (exact) mass is 402 g/mol. The number of nitrogens with one attached hydrogen (secondary N) is 1. The van der Waals surface area contributed by atoms with Crippen molar-refractivity contribution in [2.45, 2.75) is 17.9 Å². The number of nitrogens with zero attached hydrogens (tertiary/aromatic N) is 1. The van der Waals surface area contributed by atoms with E-state index in [1.165, 1.54) is 23.5 Å². The van der Waals surface area contributed by atoms with Crippen LogP contribution in [0.2, 0.25) is 0 Å². The summed E-state index contributed by atoms with van der Waals surface area (Å²) in [5.41, 5.74) is 2.91. The molecule has 1 amide bonds. The highest BCUT2D eigenvalue weighted by Crippen LogP contribution is 2.22. The summed E-state index contributed by atoms with van der Waals surface area (Å²) in [6.45, 7) is 0. The van der Waals surface area contributed by atoms with Crippen molar-refractivity contribution in [2.75, 3.05) is 12.4 Å². The molecule has 2 aromatic carbocycles. The quantitative estimate of drug-likeness (QED) is 0.582. The number of carbonyl (C=O) groups is 1. The van der Waals surface area contributed by atoms with Crippen molar-refractivity contribution in [3.05, 3.63) is 76.5 Å². The van der Waals surface area contributed by atoms with Gasteiger partial charge in [0.15, 0.2) is 5.13 Å². The predicted octanol–water partition coefficient (Wildman–Crippen LogP) is 4.91. The van der Waals surface area contributed by atoms with Gasteiger partial charge < -0.3 is 10.1 Å². The smallest absolute Gasteiger partial charge is 0.230 e. The first-order valence-corrected chi connectivity index (χ1v) is 10.3. The van der Waals surface area contributed by atoms with Gasteiger partial charge in [0, 0.05) is 16.9 Å². The largest absolute Gasteiger partial charge is 0.497 e. The molecule has 0 bridgehead atoms. The maximum absolute atomic E-state index is 12.9. The van der Waals surface area contributed by atoms with Gasteiger partial charge in [-0.05, 0) is 35.4 Å². The normalized spacial score (nSPS) is 10.6. The summed E-state index contributed by atoms with van der Waals surface area (Å²) in [7, 11) is 1.61. The summed E-state index contributed by atoms with van der Waals surface area (Å²) in [5, 5.41) is 5.39. The molecule has 0 atom stereocenters. The topological polar surface area (TPSA) is 51.2 Å². The molecule has 4 nitrogen and oxygen atoms in total. The van der Waals surface area contributed by atoms with E-state index in [0.29, 0.717) is 5.13 Å². The van der Waals surface area contributed by atoms with Crippen LogP contribution in [-0.2, 0) is 22.7 Å². The zero-order valence-electron chi connectivity index (χ0n) is 14.8. The summed E-state index contributed by atoms with van der Waals surface area (Å²) < 4.78 is 18.0. The first-order chi connectivity index (χ1) is 13.1. The van der Waals surface area contributed by atoms with Gasteiger partial charge >= 0.3 is 0 Å². The number of ether oxygens (including phenoxy) is 1. The lowest BCUT2D eigenvalue weighted by atomic mass is 10.1. The maximum atomic E-state index is 12.9. The Balaban J connectivity index is 1.45. The fraction of sp³-hybridized carbons (Fsp3) is 0.200. The van der Waals surface area contributed by atoms with Crippen molar-refractivity contribution in [2.24, 2.45) is 0 Å². The highest BCUT2D eigenvalue weighted by Gasteiger charge is 2.08. The van der Waals surface area contributed by atoms with Crippen LogP contribution in [0.4, 0.5) is 9.52 Å². The van der Waals surface area contributed by atoms with Crippen LogP contribution in [0.15, 0.2) is 53.9 Å². The minimum atomic E-state index is -0.224. The predicted molar refractivity (Wildman–Crippen MR) is 109 cm³/mol. The lowest BCUT2D eigenvalue weighted by molar-refractivity contribution is -0.115. The molecular weight excluding hydrogens is 383 g/mol. The van der Waals surface area contributed by atoms with Gasteiger partial charge in [0.2, 0.25) is 5.91 Å². The molecule has 0 aliphatic carbocycles. The number of hydrogen-bond donors (Lipinski definition) is 1. The zero-order valence-corrected chi connectivity index (χ0v) is 16.4. The fourth-order valence-corrected chi connectivity index (χ4v) is 4.10. The molecule has 27 heavy (non-hydrogen) atoms. The number of hydrogen-bond acceptors (Lipinski definition) is 5. The van der Waals surface area contributed by atoms with Gasteiger partial charge in [-0.15, -0.1) is 11.3 Å². The van der Waals surface area contributed by atoms with Gasteiger partial charge in [0.05, 0.1) is 19.2 Å². The van der Waals surface area contributed by atoms with Crippen LogP contribution in [-0.4, -0.2) is 18.0 Å². The van der Waals surface area contributed by atoms with Crippen LogP contribution in [0.3, 0.4) is 0 Å². The Kier molecular flexibility index (Phi) is 6.84. The van der Waals surface area contributed by atoms with Crippen LogP contribution >= 0.6 is 23.1 Å². The Labute approximate surface area is 165 Å². The van der Waals surface area contributed by atoms with Crippen molar-refractivity contribution in [1.29, 1.82) is 0 Å². The second-order valence-electron chi connectivity index (χ2n) is 5.84. The molecule has 1 N–H and O–H groups in total. The van der Waals surface area contributed by atoms with E-state index >= 15 is 0 Å². The fourth-order valence-electron chi connectivity index (χ4n) is 2.38. The molecule has 1 aromatic heterocycles. The second-order valence-corrected chi connectivity index (χ2v) is 7.68. The van der Waals surface area contributed by atoms with Gasteiger partial charge in [0.1, 0.15) is 11.6 Å². The first-order valence-electron chi connectivity index (χ1n) is 8.32. The molecule has 0 saturated heterocycles. The SMILES string of the molecule is COc1ccc(CC(=O)Nc2nc(CSCc3ccc(F)cc3)cs2)cc1. The standard InChI is InChI=1S/C20H19FN2O2S2/c1-25-18-8-4-14(5-9-18)10-19(24)23-20-22-17(13-27-20)12-26-11-15-2-6-16(21)7-3-15/h2-9,13H,10-12H2,1H3,(H,22,23,24). The Morgan fingerprint density at radius 1 is 1.11 bits per heavy atom. The molecule has 0 aliphatic heterocycles. The van der Waals surface area contributed by atoms with Gasteiger partial charge in [-0.1, -0.05) is 24.3 Å². The molecule has 7 heteroatoms. The molecule has 3 rings (SSSR count). The molecule has 3 aromatic rings. The summed E-state index contributed by atoms with van der Waals surface area (Å²) >= 11 is 3.12.